The summed E-state index contributed by atoms with van der Waals surface area (Å²) in [7, 11) is -3.54. The predicted molar refractivity (Wildman–Crippen MR) is 102 cm³/mol. The number of anilines is 2. The second-order valence-corrected chi connectivity index (χ2v) is 9.13. The normalized spacial score (nSPS) is 11.7. The molecule has 0 heterocycles. The van der Waals surface area contributed by atoms with Gasteiger partial charge < -0.3 is 11.1 Å². The van der Waals surface area contributed by atoms with Gasteiger partial charge in [-0.25, -0.2) is 8.42 Å². The number of nitrogens with two attached hydrogens (primary N) is 1. The van der Waals surface area contributed by atoms with Gasteiger partial charge in [0.2, 0.25) is 15.9 Å². The van der Waals surface area contributed by atoms with Gasteiger partial charge in [0.05, 0.1) is 4.75 Å². The molecule has 0 aliphatic carbocycles. The van der Waals surface area contributed by atoms with Crippen LogP contribution in [-0.2, 0) is 10.0 Å². The number of primary amides is 1. The summed E-state index contributed by atoms with van der Waals surface area (Å²) in [6.45, 7) is 4.78. The van der Waals surface area contributed by atoms with Gasteiger partial charge in [-0.1, -0.05) is 6.07 Å². The molecule has 2 rings (SSSR count). The molecule has 0 aromatic heterocycles. The molecule has 8 heteroatoms. The maximum atomic E-state index is 12.3. The summed E-state index contributed by atoms with van der Waals surface area (Å²) in [5.41, 5.74) is 6.64. The van der Waals surface area contributed by atoms with Crippen LogP contribution in [0.2, 0.25) is 0 Å². The van der Waals surface area contributed by atoms with Gasteiger partial charge in [0.15, 0.2) is 0 Å². The molecule has 0 unspecified atom stereocenters. The maximum Gasteiger partial charge on any atom is 0.255 e. The molecule has 0 saturated heterocycles. The molecule has 0 aliphatic heterocycles. The molecule has 2 aromatic carbocycles. The summed E-state index contributed by atoms with van der Waals surface area (Å²) in [6.07, 6.45) is 0. The summed E-state index contributed by atoms with van der Waals surface area (Å²) < 4.78 is 25.8. The van der Waals surface area contributed by atoms with Crippen molar-refractivity contribution >= 4 is 33.2 Å². The molecule has 2 aromatic rings. The minimum absolute atomic E-state index is 0.287. The van der Waals surface area contributed by atoms with E-state index in [1.54, 1.807) is 39.0 Å². The van der Waals surface area contributed by atoms with Crippen molar-refractivity contribution in [1.29, 1.82) is 0 Å². The van der Waals surface area contributed by atoms with Crippen molar-refractivity contribution in [1.82, 2.24) is 0 Å². The van der Waals surface area contributed by atoms with Crippen LogP contribution in [0.25, 0.3) is 0 Å². The van der Waals surface area contributed by atoms with Gasteiger partial charge in [-0.05, 0) is 63.2 Å². The fourth-order valence-electron chi connectivity index (χ4n) is 1.95. The lowest BCUT2D eigenvalue weighted by Gasteiger charge is -2.20. The summed E-state index contributed by atoms with van der Waals surface area (Å²) in [6, 6.07) is 12.3. The minimum atomic E-state index is -3.54. The number of rotatable bonds is 5. The van der Waals surface area contributed by atoms with Crippen molar-refractivity contribution < 1.29 is 18.0 Å². The van der Waals surface area contributed by atoms with E-state index in [-0.39, 0.29) is 5.56 Å². The Morgan fingerprint density at radius 3 is 2.08 bits per heavy atom. The van der Waals surface area contributed by atoms with Crippen LogP contribution in [0, 0.1) is 0 Å². The van der Waals surface area contributed by atoms with Crippen LogP contribution in [0.3, 0.4) is 0 Å². The van der Waals surface area contributed by atoms with E-state index >= 15 is 0 Å². The van der Waals surface area contributed by atoms with Crippen LogP contribution >= 0.6 is 0 Å². The van der Waals surface area contributed by atoms with Crippen LogP contribution in [0.1, 0.15) is 41.5 Å². The van der Waals surface area contributed by atoms with Crippen molar-refractivity contribution in [2.24, 2.45) is 5.73 Å². The van der Waals surface area contributed by atoms with E-state index < -0.39 is 26.6 Å². The number of benzene rings is 2. The van der Waals surface area contributed by atoms with Crippen molar-refractivity contribution in [2.75, 3.05) is 10.0 Å². The molecule has 2 amide bonds. The smallest absolute Gasteiger partial charge is 0.255 e. The number of sulfonamides is 1. The van der Waals surface area contributed by atoms with E-state index in [1.807, 2.05) is 0 Å². The lowest BCUT2D eigenvalue weighted by Crippen LogP contribution is -2.33. The Labute approximate surface area is 152 Å². The van der Waals surface area contributed by atoms with Gasteiger partial charge in [-0.3, -0.25) is 14.3 Å². The van der Waals surface area contributed by atoms with Crippen LogP contribution in [0.4, 0.5) is 11.4 Å². The van der Waals surface area contributed by atoms with Crippen LogP contribution in [0.5, 0.6) is 0 Å². The third-order valence-corrected chi connectivity index (χ3v) is 5.73. The molecule has 0 aliphatic rings. The zero-order valence-corrected chi connectivity index (χ0v) is 15.6. The lowest BCUT2D eigenvalue weighted by molar-refractivity contribution is 0.0996. The molecule has 138 valence electrons. The number of nitrogens with one attached hydrogen (secondary N) is 2. The summed E-state index contributed by atoms with van der Waals surface area (Å²) in [5, 5.41) is 2.66. The molecule has 26 heavy (non-hydrogen) atoms. The molecule has 0 atom stereocenters. The Balaban J connectivity index is 2.12. The molecule has 0 radical (unpaired) electrons. The Hall–Kier alpha value is -2.87. The topological polar surface area (TPSA) is 118 Å². The first-order valence-electron chi connectivity index (χ1n) is 7.83. The first kappa shape index (κ1) is 19.5. The Morgan fingerprint density at radius 2 is 1.54 bits per heavy atom. The number of carbonyl (C=O) groups is 2. The standard InChI is InChI=1S/C18H21N3O4S/c1-18(2,3)26(24,25)21-14-9-7-12(8-10-14)17(23)20-15-6-4-5-13(11-15)16(19)22/h4-11,21H,1-3H3,(H2,19,22)(H,20,23). The van der Waals surface area contributed by atoms with Gasteiger partial charge in [-0.15, -0.1) is 0 Å². The lowest BCUT2D eigenvalue weighted by atomic mass is 10.1. The van der Waals surface area contributed by atoms with Gasteiger partial charge in [-0.2, -0.15) is 0 Å². The van der Waals surface area contributed by atoms with E-state index in [2.05, 4.69) is 10.0 Å². The molecular formula is C18H21N3O4S. The van der Waals surface area contributed by atoms with E-state index in [4.69, 9.17) is 5.73 Å². The van der Waals surface area contributed by atoms with Crippen LogP contribution in [0.15, 0.2) is 48.5 Å². The van der Waals surface area contributed by atoms with Gasteiger partial charge in [0.1, 0.15) is 0 Å². The average Bonchev–Trinajstić information content (AvgIpc) is 2.54. The number of amides is 2. The highest BCUT2D eigenvalue weighted by Crippen LogP contribution is 2.20. The van der Waals surface area contributed by atoms with Crippen LogP contribution in [-0.4, -0.2) is 25.0 Å². The van der Waals surface area contributed by atoms with E-state index in [9.17, 15) is 18.0 Å². The fourth-order valence-corrected chi connectivity index (χ4v) is 2.70. The molecule has 0 saturated carbocycles. The van der Waals surface area contributed by atoms with Gasteiger partial charge in [0.25, 0.3) is 5.91 Å². The van der Waals surface area contributed by atoms with E-state index in [0.717, 1.165) is 0 Å². The molecule has 0 bridgehead atoms. The zero-order chi connectivity index (χ0) is 19.5. The second-order valence-electron chi connectivity index (χ2n) is 6.69. The highest BCUT2D eigenvalue weighted by Gasteiger charge is 2.28. The van der Waals surface area contributed by atoms with Crippen molar-refractivity contribution in [2.45, 2.75) is 25.5 Å². The Bertz CT molecular complexity index is 930. The van der Waals surface area contributed by atoms with Crippen molar-refractivity contribution in [3.05, 3.63) is 59.7 Å². The molecule has 4 N–H and O–H groups in total. The molecular weight excluding hydrogens is 354 g/mol. The van der Waals surface area contributed by atoms with Crippen molar-refractivity contribution in [3.8, 4) is 0 Å². The van der Waals surface area contributed by atoms with E-state index in [0.29, 0.717) is 16.9 Å². The third-order valence-electron chi connectivity index (χ3n) is 3.61. The summed E-state index contributed by atoms with van der Waals surface area (Å²) in [5.74, 6) is -0.978. The molecule has 7 nitrogen and oxygen atoms in total. The molecule has 0 spiro atoms. The van der Waals surface area contributed by atoms with Crippen molar-refractivity contribution in [3.63, 3.8) is 0 Å². The average molecular weight is 375 g/mol. The predicted octanol–water partition coefficient (Wildman–Crippen LogP) is 2.58. The quantitative estimate of drug-likeness (QED) is 0.744. The molecule has 0 fully saturated rings. The minimum Gasteiger partial charge on any atom is -0.366 e. The first-order valence-corrected chi connectivity index (χ1v) is 9.31. The first-order chi connectivity index (χ1) is 12.0. The van der Waals surface area contributed by atoms with Gasteiger partial charge >= 0.3 is 0 Å². The maximum absolute atomic E-state index is 12.3. The van der Waals surface area contributed by atoms with E-state index in [1.165, 1.54) is 30.3 Å². The summed E-state index contributed by atoms with van der Waals surface area (Å²) in [4.78, 5) is 23.5. The Kier molecular flexibility index (Phi) is 5.36. The Morgan fingerprint density at radius 1 is 0.923 bits per heavy atom. The SMILES string of the molecule is CC(C)(C)S(=O)(=O)Nc1ccc(C(=O)Nc2cccc(C(N)=O)c2)cc1. The highest BCUT2D eigenvalue weighted by atomic mass is 32.2. The monoisotopic (exact) mass is 375 g/mol. The van der Waals surface area contributed by atoms with Gasteiger partial charge in [0, 0.05) is 22.5 Å². The highest BCUT2D eigenvalue weighted by molar-refractivity contribution is 7.94. The zero-order valence-electron chi connectivity index (χ0n) is 14.7. The number of carbonyl (C=O) groups excluding carboxylic acids is 2. The summed E-state index contributed by atoms with van der Waals surface area (Å²) >= 11 is 0. The third kappa shape index (κ3) is 4.60. The van der Waals surface area contributed by atoms with Crippen LogP contribution < -0.4 is 15.8 Å². The number of hydrogen-bond donors (Lipinski definition) is 3. The fraction of sp³-hybridized carbons (Fsp3) is 0.222. The largest absolute Gasteiger partial charge is 0.366 e. The second kappa shape index (κ2) is 7.17. The number of hydrogen-bond acceptors (Lipinski definition) is 4.